The van der Waals surface area contributed by atoms with Gasteiger partial charge in [0.15, 0.2) is 0 Å². The first-order chi connectivity index (χ1) is 6.93. The van der Waals surface area contributed by atoms with Crippen molar-refractivity contribution in [2.24, 2.45) is 0 Å². The highest BCUT2D eigenvalue weighted by Gasteiger charge is 2.11. The fourth-order valence-electron chi connectivity index (χ4n) is 1.81. The molecule has 14 heavy (non-hydrogen) atoms. The zero-order valence-corrected chi connectivity index (χ0v) is 9.39. The molecule has 83 valence electrons. The molecule has 1 aliphatic rings. The fraction of sp³-hybridized carbons (Fsp3) is 1.00. The highest BCUT2D eigenvalue weighted by Crippen LogP contribution is 2.02. The molecule has 0 spiro atoms. The molecule has 1 aliphatic heterocycles. The van der Waals surface area contributed by atoms with Crippen molar-refractivity contribution in [3.05, 3.63) is 0 Å². The van der Waals surface area contributed by atoms with E-state index < -0.39 is 0 Å². The van der Waals surface area contributed by atoms with Crippen LogP contribution < -0.4 is 16.0 Å². The van der Waals surface area contributed by atoms with Crippen LogP contribution in [0.1, 0.15) is 32.6 Å². The lowest BCUT2D eigenvalue weighted by atomic mass is 10.1. The first-order valence-corrected chi connectivity index (χ1v) is 6.01. The molecule has 2 N–H and O–H groups in total. The van der Waals surface area contributed by atoms with Gasteiger partial charge in [0.05, 0.1) is 0 Å². The third kappa shape index (κ3) is 5.58. The lowest BCUT2D eigenvalue weighted by molar-refractivity contribution is 0.380. The van der Waals surface area contributed by atoms with Crippen molar-refractivity contribution in [3.8, 4) is 0 Å². The van der Waals surface area contributed by atoms with E-state index in [1.54, 1.807) is 0 Å². The van der Waals surface area contributed by atoms with Crippen LogP contribution in [-0.2, 0) is 0 Å². The molecule has 0 atom stereocenters. The van der Waals surface area contributed by atoms with Crippen LogP contribution in [0.5, 0.6) is 0 Å². The molecule has 3 nitrogen and oxygen atoms in total. The second kappa shape index (κ2) is 8.21. The van der Waals surface area contributed by atoms with Gasteiger partial charge in [0.2, 0.25) is 0 Å². The van der Waals surface area contributed by atoms with Gasteiger partial charge in [-0.15, -0.1) is 0 Å². The number of hydrogen-bond donors (Lipinski definition) is 2. The Morgan fingerprint density at radius 2 is 1.86 bits per heavy atom. The molecule has 1 fully saturated rings. The van der Waals surface area contributed by atoms with Gasteiger partial charge in [-0.05, 0) is 45.3 Å². The molecule has 1 heterocycles. The number of piperidine rings is 1. The van der Waals surface area contributed by atoms with Gasteiger partial charge < -0.3 is 10.6 Å². The van der Waals surface area contributed by atoms with Crippen LogP contribution in [0.25, 0.3) is 0 Å². The van der Waals surface area contributed by atoms with E-state index in [1.165, 1.54) is 32.2 Å². The maximum absolute atomic E-state index is 4.35. The first kappa shape index (κ1) is 12.0. The quantitative estimate of drug-likeness (QED) is 0.592. The Hall–Kier alpha value is -0.120. The van der Waals surface area contributed by atoms with Crippen molar-refractivity contribution < 1.29 is 0 Å². The predicted molar refractivity (Wildman–Crippen MR) is 60.7 cm³/mol. The summed E-state index contributed by atoms with van der Waals surface area (Å²) in [6.07, 6.45) is 5.07. The van der Waals surface area contributed by atoms with E-state index in [-0.39, 0.29) is 0 Å². The Bertz CT molecular complexity index is 122. The fourth-order valence-corrected chi connectivity index (χ4v) is 1.81. The molecule has 0 amide bonds. The van der Waals surface area contributed by atoms with Gasteiger partial charge in [-0.3, -0.25) is 0 Å². The maximum Gasteiger partial charge on any atom is 0.0148 e. The molecule has 0 aromatic rings. The largest absolute Gasteiger partial charge is 0.317 e. The van der Waals surface area contributed by atoms with Gasteiger partial charge in [-0.25, -0.2) is 5.32 Å². The SMILES string of the molecule is CCNCCCCNC1CC[N]CC1. The summed E-state index contributed by atoms with van der Waals surface area (Å²) in [5.41, 5.74) is 0. The third-order valence-corrected chi connectivity index (χ3v) is 2.73. The molecule has 1 saturated heterocycles. The Kier molecular flexibility index (Phi) is 7.01. The highest BCUT2D eigenvalue weighted by atomic mass is 15.0. The van der Waals surface area contributed by atoms with E-state index in [2.05, 4.69) is 22.9 Å². The molecular formula is C11H24N3. The number of nitrogens with one attached hydrogen (secondary N) is 2. The molecule has 3 heteroatoms. The average Bonchev–Trinajstić information content (AvgIpc) is 2.25. The Morgan fingerprint density at radius 1 is 1.14 bits per heavy atom. The van der Waals surface area contributed by atoms with Crippen molar-refractivity contribution in [1.82, 2.24) is 16.0 Å². The zero-order valence-electron chi connectivity index (χ0n) is 9.39. The summed E-state index contributed by atoms with van der Waals surface area (Å²) in [6.45, 7) is 7.72. The van der Waals surface area contributed by atoms with Crippen LogP contribution in [0.3, 0.4) is 0 Å². The van der Waals surface area contributed by atoms with E-state index in [0.717, 1.165) is 32.2 Å². The van der Waals surface area contributed by atoms with Crippen LogP contribution >= 0.6 is 0 Å². The minimum absolute atomic E-state index is 0.742. The summed E-state index contributed by atoms with van der Waals surface area (Å²) >= 11 is 0. The zero-order chi connectivity index (χ0) is 10.1. The average molecular weight is 198 g/mol. The van der Waals surface area contributed by atoms with Crippen molar-refractivity contribution in [2.75, 3.05) is 32.7 Å². The molecule has 1 rings (SSSR count). The molecule has 0 aromatic heterocycles. The van der Waals surface area contributed by atoms with E-state index in [9.17, 15) is 0 Å². The Balaban J connectivity index is 1.82. The topological polar surface area (TPSA) is 38.2 Å². The number of hydrogen-bond acceptors (Lipinski definition) is 2. The van der Waals surface area contributed by atoms with Gasteiger partial charge in [-0.2, -0.15) is 0 Å². The summed E-state index contributed by atoms with van der Waals surface area (Å²) < 4.78 is 0. The number of unbranched alkanes of at least 4 members (excludes halogenated alkanes) is 1. The van der Waals surface area contributed by atoms with E-state index >= 15 is 0 Å². The number of rotatable bonds is 7. The minimum Gasteiger partial charge on any atom is -0.317 e. The molecule has 0 aliphatic carbocycles. The predicted octanol–water partition coefficient (Wildman–Crippen LogP) is 0.733. The summed E-state index contributed by atoms with van der Waals surface area (Å²) in [7, 11) is 0. The van der Waals surface area contributed by atoms with E-state index in [1.807, 2.05) is 0 Å². The Labute approximate surface area is 88.0 Å². The molecule has 0 saturated carbocycles. The van der Waals surface area contributed by atoms with Crippen molar-refractivity contribution in [2.45, 2.75) is 38.6 Å². The van der Waals surface area contributed by atoms with Gasteiger partial charge >= 0.3 is 0 Å². The second-order valence-electron chi connectivity index (χ2n) is 3.96. The first-order valence-electron chi connectivity index (χ1n) is 6.01. The standard InChI is InChI=1S/C11H24N3/c1-2-12-7-3-4-8-14-11-5-9-13-10-6-11/h11-12,14H,2-10H2,1H3. The molecule has 1 radical (unpaired) electrons. The lowest BCUT2D eigenvalue weighted by Crippen LogP contribution is -2.37. The second-order valence-corrected chi connectivity index (χ2v) is 3.96. The van der Waals surface area contributed by atoms with Gasteiger partial charge in [-0.1, -0.05) is 6.92 Å². The summed E-state index contributed by atoms with van der Waals surface area (Å²) in [5.74, 6) is 0. The van der Waals surface area contributed by atoms with Crippen LogP contribution in [0.15, 0.2) is 0 Å². The molecule has 0 aromatic carbocycles. The van der Waals surface area contributed by atoms with Crippen LogP contribution in [0.2, 0.25) is 0 Å². The van der Waals surface area contributed by atoms with Crippen LogP contribution in [0, 0.1) is 0 Å². The lowest BCUT2D eigenvalue weighted by Gasteiger charge is -2.22. The molecule has 0 unspecified atom stereocenters. The summed E-state index contributed by atoms with van der Waals surface area (Å²) in [4.78, 5) is 0. The Morgan fingerprint density at radius 3 is 2.57 bits per heavy atom. The van der Waals surface area contributed by atoms with Gasteiger partial charge in [0.25, 0.3) is 0 Å². The monoisotopic (exact) mass is 198 g/mol. The molecular weight excluding hydrogens is 174 g/mol. The van der Waals surface area contributed by atoms with Crippen LogP contribution in [-0.4, -0.2) is 38.8 Å². The van der Waals surface area contributed by atoms with Crippen molar-refractivity contribution in [3.63, 3.8) is 0 Å². The smallest absolute Gasteiger partial charge is 0.0148 e. The van der Waals surface area contributed by atoms with Crippen molar-refractivity contribution in [1.29, 1.82) is 0 Å². The van der Waals surface area contributed by atoms with E-state index in [0.29, 0.717) is 0 Å². The van der Waals surface area contributed by atoms with E-state index in [4.69, 9.17) is 0 Å². The minimum atomic E-state index is 0.742. The van der Waals surface area contributed by atoms with Gasteiger partial charge in [0, 0.05) is 19.1 Å². The maximum atomic E-state index is 4.35. The van der Waals surface area contributed by atoms with Gasteiger partial charge in [0.1, 0.15) is 0 Å². The number of nitrogens with zero attached hydrogens (tertiary/aromatic N) is 1. The highest BCUT2D eigenvalue weighted by molar-refractivity contribution is 4.73. The summed E-state index contributed by atoms with van der Waals surface area (Å²) in [6, 6.07) is 0.742. The van der Waals surface area contributed by atoms with Crippen molar-refractivity contribution >= 4 is 0 Å². The van der Waals surface area contributed by atoms with Crippen LogP contribution in [0.4, 0.5) is 0 Å². The molecule has 0 bridgehead atoms. The third-order valence-electron chi connectivity index (χ3n) is 2.73. The summed E-state index contributed by atoms with van der Waals surface area (Å²) in [5, 5.41) is 11.3. The normalized spacial score (nSPS) is 18.6.